The molecule has 0 saturated carbocycles. The highest BCUT2D eigenvalue weighted by Gasteiger charge is 2.10. The van der Waals surface area contributed by atoms with Gasteiger partial charge in [0.1, 0.15) is 12.0 Å². The Hall–Kier alpha value is -2.83. The first kappa shape index (κ1) is 13.6. The normalized spacial score (nSPS) is 10.1. The number of furan rings is 1. The summed E-state index contributed by atoms with van der Waals surface area (Å²) in [6, 6.07) is 7.59. The van der Waals surface area contributed by atoms with Gasteiger partial charge in [-0.3, -0.25) is 10.1 Å². The lowest BCUT2D eigenvalue weighted by atomic mass is 10.2. The molecule has 0 aliphatic rings. The lowest BCUT2D eigenvalue weighted by molar-refractivity contribution is -0.384. The minimum atomic E-state index is -0.463. The second-order valence-corrected chi connectivity index (χ2v) is 3.95. The average Bonchev–Trinajstić information content (AvgIpc) is 2.93. The zero-order chi connectivity index (χ0) is 14.5. The molecule has 1 N–H and O–H groups in total. The van der Waals surface area contributed by atoms with Gasteiger partial charge in [-0.1, -0.05) is 0 Å². The van der Waals surface area contributed by atoms with Crippen LogP contribution < -0.4 is 5.32 Å². The van der Waals surface area contributed by atoms with Crippen LogP contribution in [0, 0.1) is 10.1 Å². The smallest absolute Gasteiger partial charge is 0.341 e. The number of anilines is 1. The molecule has 0 bridgehead atoms. The first-order chi connectivity index (χ1) is 9.60. The number of rotatable bonds is 5. The zero-order valence-corrected chi connectivity index (χ0v) is 10.7. The predicted octanol–water partition coefficient (Wildman–Crippen LogP) is 2.59. The van der Waals surface area contributed by atoms with Gasteiger partial charge in [-0.2, -0.15) is 0 Å². The summed E-state index contributed by atoms with van der Waals surface area (Å²) in [4.78, 5) is 21.3. The molecule has 2 aromatic rings. The van der Waals surface area contributed by atoms with Crippen LogP contribution in [-0.2, 0) is 11.3 Å². The van der Waals surface area contributed by atoms with Crippen LogP contribution in [0.4, 0.5) is 11.4 Å². The van der Waals surface area contributed by atoms with E-state index in [4.69, 9.17) is 4.42 Å². The molecule has 0 radical (unpaired) electrons. The van der Waals surface area contributed by atoms with Gasteiger partial charge >= 0.3 is 5.97 Å². The van der Waals surface area contributed by atoms with Crippen molar-refractivity contribution in [1.82, 2.24) is 0 Å². The van der Waals surface area contributed by atoms with Crippen molar-refractivity contribution in [1.29, 1.82) is 0 Å². The highest BCUT2D eigenvalue weighted by atomic mass is 16.6. The molecule has 1 aromatic carbocycles. The van der Waals surface area contributed by atoms with Crippen molar-refractivity contribution in [3.63, 3.8) is 0 Å². The summed E-state index contributed by atoms with van der Waals surface area (Å²) in [5.41, 5.74) is 1.08. The Morgan fingerprint density at radius 3 is 2.70 bits per heavy atom. The van der Waals surface area contributed by atoms with Crippen molar-refractivity contribution in [3.8, 4) is 0 Å². The van der Waals surface area contributed by atoms with Gasteiger partial charge in [-0.25, -0.2) is 4.79 Å². The summed E-state index contributed by atoms with van der Waals surface area (Å²) in [6.45, 7) is 0.356. The minimum absolute atomic E-state index is 0.0292. The molecule has 1 aromatic heterocycles. The Labute approximate surface area is 114 Å². The average molecular weight is 276 g/mol. The number of nitro benzene ring substituents is 1. The van der Waals surface area contributed by atoms with Crippen LogP contribution >= 0.6 is 0 Å². The first-order valence-electron chi connectivity index (χ1n) is 5.74. The van der Waals surface area contributed by atoms with E-state index >= 15 is 0 Å². The Morgan fingerprint density at radius 1 is 1.40 bits per heavy atom. The summed E-state index contributed by atoms with van der Waals surface area (Å²) in [5.74, 6) is 0.0964. The van der Waals surface area contributed by atoms with Gasteiger partial charge in [0.05, 0.1) is 24.1 Å². The zero-order valence-electron chi connectivity index (χ0n) is 10.7. The number of nitrogens with one attached hydrogen (secondary N) is 1. The molecular weight excluding hydrogens is 264 g/mol. The van der Waals surface area contributed by atoms with Gasteiger partial charge in [0, 0.05) is 17.8 Å². The minimum Gasteiger partial charge on any atom is -0.467 e. The summed E-state index contributed by atoms with van der Waals surface area (Å²) >= 11 is 0. The fourth-order valence-corrected chi connectivity index (χ4v) is 1.59. The topological polar surface area (TPSA) is 94.6 Å². The van der Waals surface area contributed by atoms with Gasteiger partial charge in [0.2, 0.25) is 0 Å². The molecule has 0 saturated heterocycles. The van der Waals surface area contributed by atoms with Gasteiger partial charge in [0.15, 0.2) is 0 Å². The van der Waals surface area contributed by atoms with Crippen molar-refractivity contribution >= 4 is 17.3 Å². The highest BCUT2D eigenvalue weighted by Crippen LogP contribution is 2.17. The van der Waals surface area contributed by atoms with E-state index in [0.29, 0.717) is 23.6 Å². The van der Waals surface area contributed by atoms with E-state index in [0.717, 1.165) is 0 Å². The standard InChI is InChI=1S/C13H12N2O5/c1-19-13(16)9-6-12(20-8-9)7-14-10-2-4-11(5-3-10)15(17)18/h2-6,8,14H,7H2,1H3. The van der Waals surface area contributed by atoms with E-state index in [1.807, 2.05) is 0 Å². The number of esters is 1. The number of methoxy groups -OCH3 is 1. The van der Waals surface area contributed by atoms with Crippen LogP contribution in [0.1, 0.15) is 16.1 Å². The molecule has 0 aliphatic carbocycles. The molecule has 7 nitrogen and oxygen atoms in total. The molecule has 0 aliphatic heterocycles. The summed E-state index contributed by atoms with van der Waals surface area (Å²) in [5, 5.41) is 13.5. The van der Waals surface area contributed by atoms with Gasteiger partial charge in [-0.15, -0.1) is 0 Å². The number of carbonyl (C=O) groups is 1. The molecule has 0 fully saturated rings. The predicted molar refractivity (Wildman–Crippen MR) is 70.5 cm³/mol. The van der Waals surface area contributed by atoms with E-state index in [2.05, 4.69) is 10.1 Å². The quantitative estimate of drug-likeness (QED) is 0.512. The summed E-state index contributed by atoms with van der Waals surface area (Å²) < 4.78 is 9.76. The van der Waals surface area contributed by atoms with Crippen LogP contribution in [0.25, 0.3) is 0 Å². The first-order valence-corrected chi connectivity index (χ1v) is 5.74. The number of nitrogens with zero attached hydrogens (tertiary/aromatic N) is 1. The second kappa shape index (κ2) is 5.87. The van der Waals surface area contributed by atoms with Gasteiger partial charge in [0.25, 0.3) is 5.69 Å². The molecule has 104 valence electrons. The van der Waals surface area contributed by atoms with Crippen molar-refractivity contribution in [2.75, 3.05) is 12.4 Å². The van der Waals surface area contributed by atoms with E-state index < -0.39 is 10.9 Å². The number of non-ortho nitro benzene ring substituents is 1. The SMILES string of the molecule is COC(=O)c1coc(CNc2ccc([N+](=O)[O-])cc2)c1. The van der Waals surface area contributed by atoms with Crippen LogP contribution in [0.15, 0.2) is 41.0 Å². The van der Waals surface area contributed by atoms with Gasteiger partial charge in [-0.05, 0) is 18.2 Å². The Balaban J connectivity index is 1.96. The van der Waals surface area contributed by atoms with Crippen LogP contribution in [0.3, 0.4) is 0 Å². The number of benzene rings is 1. The maximum absolute atomic E-state index is 11.2. The Morgan fingerprint density at radius 2 is 2.10 bits per heavy atom. The lowest BCUT2D eigenvalue weighted by Gasteiger charge is -2.03. The number of hydrogen-bond acceptors (Lipinski definition) is 6. The fourth-order valence-electron chi connectivity index (χ4n) is 1.59. The van der Waals surface area contributed by atoms with E-state index in [1.165, 1.54) is 25.5 Å². The second-order valence-electron chi connectivity index (χ2n) is 3.95. The third-order valence-electron chi connectivity index (χ3n) is 2.62. The lowest BCUT2D eigenvalue weighted by Crippen LogP contribution is -2.00. The molecule has 1 heterocycles. The largest absolute Gasteiger partial charge is 0.467 e. The molecule has 0 amide bonds. The Bertz CT molecular complexity index is 618. The summed E-state index contributed by atoms with van der Waals surface area (Å²) in [7, 11) is 1.30. The maximum atomic E-state index is 11.2. The van der Waals surface area contributed by atoms with Crippen molar-refractivity contribution < 1.29 is 18.9 Å². The number of hydrogen-bond donors (Lipinski definition) is 1. The van der Waals surface area contributed by atoms with E-state index in [1.54, 1.807) is 18.2 Å². The third-order valence-corrected chi connectivity index (χ3v) is 2.62. The fraction of sp³-hybridized carbons (Fsp3) is 0.154. The number of nitro groups is 1. The molecule has 20 heavy (non-hydrogen) atoms. The van der Waals surface area contributed by atoms with E-state index in [-0.39, 0.29) is 5.69 Å². The van der Waals surface area contributed by atoms with E-state index in [9.17, 15) is 14.9 Å². The Kier molecular flexibility index (Phi) is 3.99. The number of ether oxygens (including phenoxy) is 1. The van der Waals surface area contributed by atoms with Crippen molar-refractivity contribution in [2.24, 2.45) is 0 Å². The highest BCUT2D eigenvalue weighted by molar-refractivity contribution is 5.88. The molecule has 2 rings (SSSR count). The van der Waals surface area contributed by atoms with Crippen LogP contribution in [-0.4, -0.2) is 18.0 Å². The maximum Gasteiger partial charge on any atom is 0.341 e. The van der Waals surface area contributed by atoms with Crippen molar-refractivity contribution in [3.05, 3.63) is 58.0 Å². The van der Waals surface area contributed by atoms with Crippen LogP contribution in [0.5, 0.6) is 0 Å². The molecule has 0 atom stereocenters. The number of carbonyl (C=O) groups excluding carboxylic acids is 1. The van der Waals surface area contributed by atoms with Crippen molar-refractivity contribution in [2.45, 2.75) is 6.54 Å². The molecule has 0 spiro atoms. The molecule has 7 heteroatoms. The monoisotopic (exact) mass is 276 g/mol. The van der Waals surface area contributed by atoms with Gasteiger partial charge < -0.3 is 14.5 Å². The van der Waals surface area contributed by atoms with Crippen LogP contribution in [0.2, 0.25) is 0 Å². The molecule has 0 unspecified atom stereocenters. The summed E-state index contributed by atoms with van der Waals surface area (Å²) in [6.07, 6.45) is 1.32. The third kappa shape index (κ3) is 3.14. The molecular formula is C13H12N2O5.